The first-order chi connectivity index (χ1) is 9.15. The van der Waals surface area contributed by atoms with Crippen LogP contribution in [0.15, 0.2) is 28.7 Å². The quantitative estimate of drug-likeness (QED) is 0.920. The van der Waals surface area contributed by atoms with Gasteiger partial charge in [0.1, 0.15) is 12.4 Å². The maximum atomic E-state index is 5.80. The van der Waals surface area contributed by atoms with Gasteiger partial charge in [0, 0.05) is 13.1 Å². The number of aromatic nitrogens is 2. The molecule has 4 nitrogen and oxygen atoms in total. The molecule has 0 aliphatic rings. The third-order valence-electron chi connectivity index (χ3n) is 2.99. The Bertz CT molecular complexity index is 549. The molecule has 0 bridgehead atoms. The van der Waals surface area contributed by atoms with Crippen LogP contribution in [0.5, 0.6) is 5.75 Å². The topological polar surface area (TPSA) is 53.1 Å². The van der Waals surface area contributed by atoms with Gasteiger partial charge in [-0.05, 0) is 47.5 Å². The van der Waals surface area contributed by atoms with Crippen LogP contribution in [0, 0.1) is 6.92 Å². The number of halogens is 1. The van der Waals surface area contributed by atoms with Crippen molar-refractivity contribution >= 4 is 15.9 Å². The Morgan fingerprint density at radius 3 is 2.58 bits per heavy atom. The van der Waals surface area contributed by atoms with Gasteiger partial charge < -0.3 is 10.5 Å². The summed E-state index contributed by atoms with van der Waals surface area (Å²) in [4.78, 5) is 0. The van der Waals surface area contributed by atoms with E-state index in [1.807, 2.05) is 35.9 Å². The Labute approximate surface area is 121 Å². The molecule has 1 heterocycles. The van der Waals surface area contributed by atoms with Gasteiger partial charge >= 0.3 is 0 Å². The van der Waals surface area contributed by atoms with Crippen molar-refractivity contribution in [1.29, 1.82) is 0 Å². The molecule has 0 atom stereocenters. The minimum Gasteiger partial charge on any atom is -0.487 e. The minimum atomic E-state index is 0.497. The number of aryl methyl sites for hydroxylation is 2. The monoisotopic (exact) mass is 323 g/mol. The molecule has 0 radical (unpaired) electrons. The molecule has 0 unspecified atom stereocenters. The van der Waals surface area contributed by atoms with Gasteiger partial charge in [-0.1, -0.05) is 12.1 Å². The zero-order valence-corrected chi connectivity index (χ0v) is 12.8. The van der Waals surface area contributed by atoms with Gasteiger partial charge in [-0.25, -0.2) is 0 Å². The van der Waals surface area contributed by atoms with E-state index in [1.165, 1.54) is 0 Å². The summed E-state index contributed by atoms with van der Waals surface area (Å²) in [6.07, 6.45) is 0. The molecule has 0 saturated heterocycles. The molecule has 2 N–H and O–H groups in total. The lowest BCUT2D eigenvalue weighted by molar-refractivity contribution is 0.291. The molecule has 0 aliphatic heterocycles. The van der Waals surface area contributed by atoms with Crippen molar-refractivity contribution in [3.05, 3.63) is 45.7 Å². The Hall–Kier alpha value is -1.33. The minimum absolute atomic E-state index is 0.497. The second-order valence-electron chi connectivity index (χ2n) is 4.30. The van der Waals surface area contributed by atoms with Gasteiger partial charge in [0.15, 0.2) is 0 Å². The van der Waals surface area contributed by atoms with Crippen molar-refractivity contribution in [2.75, 3.05) is 0 Å². The molecule has 0 aliphatic carbocycles. The fraction of sp³-hybridized carbons (Fsp3) is 0.357. The molecule has 1 aromatic heterocycles. The van der Waals surface area contributed by atoms with E-state index in [2.05, 4.69) is 28.0 Å². The molecule has 102 valence electrons. The van der Waals surface area contributed by atoms with E-state index in [0.29, 0.717) is 13.2 Å². The summed E-state index contributed by atoms with van der Waals surface area (Å²) in [7, 11) is 0. The van der Waals surface area contributed by atoms with Crippen LogP contribution in [-0.2, 0) is 19.7 Å². The van der Waals surface area contributed by atoms with E-state index in [9.17, 15) is 0 Å². The molecule has 2 rings (SSSR count). The first-order valence-corrected chi connectivity index (χ1v) is 7.08. The lowest BCUT2D eigenvalue weighted by Gasteiger charge is -2.09. The van der Waals surface area contributed by atoms with Crippen molar-refractivity contribution in [1.82, 2.24) is 9.78 Å². The molecule has 0 fully saturated rings. The predicted molar refractivity (Wildman–Crippen MR) is 79.0 cm³/mol. The van der Waals surface area contributed by atoms with Crippen molar-refractivity contribution in [3.63, 3.8) is 0 Å². The second-order valence-corrected chi connectivity index (χ2v) is 5.09. The third-order valence-corrected chi connectivity index (χ3v) is 4.02. The summed E-state index contributed by atoms with van der Waals surface area (Å²) in [5, 5.41) is 4.44. The van der Waals surface area contributed by atoms with E-state index in [1.54, 1.807) is 0 Å². The Kier molecular flexibility index (Phi) is 4.61. The van der Waals surface area contributed by atoms with Crippen LogP contribution in [0.25, 0.3) is 0 Å². The van der Waals surface area contributed by atoms with Crippen LogP contribution >= 0.6 is 15.9 Å². The predicted octanol–water partition coefficient (Wildman–Crippen LogP) is 3.01. The normalized spacial score (nSPS) is 10.7. The van der Waals surface area contributed by atoms with Crippen LogP contribution < -0.4 is 10.5 Å². The fourth-order valence-corrected chi connectivity index (χ4v) is 2.28. The number of nitrogens with two attached hydrogens (primary N) is 1. The summed E-state index contributed by atoms with van der Waals surface area (Å²) in [6, 6.07) is 7.84. The van der Waals surface area contributed by atoms with Gasteiger partial charge in [-0.3, -0.25) is 4.68 Å². The zero-order chi connectivity index (χ0) is 13.8. The largest absolute Gasteiger partial charge is 0.487 e. The Balaban J connectivity index is 2.09. The SMILES string of the molecule is CCn1nc(C)c(Br)c1COc1ccc(CN)cc1. The molecule has 0 spiro atoms. The molecular formula is C14H18BrN3O. The molecule has 0 amide bonds. The summed E-state index contributed by atoms with van der Waals surface area (Å²) >= 11 is 3.56. The van der Waals surface area contributed by atoms with Gasteiger partial charge in [0.25, 0.3) is 0 Å². The highest BCUT2D eigenvalue weighted by atomic mass is 79.9. The third kappa shape index (κ3) is 3.16. The smallest absolute Gasteiger partial charge is 0.131 e. The van der Waals surface area contributed by atoms with E-state index >= 15 is 0 Å². The van der Waals surface area contributed by atoms with Crippen LogP contribution in [0.4, 0.5) is 0 Å². The molecule has 19 heavy (non-hydrogen) atoms. The average Bonchev–Trinajstić information content (AvgIpc) is 2.72. The summed E-state index contributed by atoms with van der Waals surface area (Å²) < 4.78 is 8.77. The van der Waals surface area contributed by atoms with Crippen LogP contribution in [0.2, 0.25) is 0 Å². The Morgan fingerprint density at radius 1 is 1.32 bits per heavy atom. The highest BCUT2D eigenvalue weighted by Crippen LogP contribution is 2.23. The lowest BCUT2D eigenvalue weighted by atomic mass is 10.2. The van der Waals surface area contributed by atoms with Gasteiger partial charge in [0.05, 0.1) is 15.9 Å². The van der Waals surface area contributed by atoms with Gasteiger partial charge in [-0.2, -0.15) is 5.10 Å². The number of benzene rings is 1. The molecule has 1 aromatic carbocycles. The van der Waals surface area contributed by atoms with Crippen LogP contribution in [-0.4, -0.2) is 9.78 Å². The summed E-state index contributed by atoms with van der Waals surface area (Å²) in [5.41, 5.74) is 8.71. The number of nitrogens with zero attached hydrogens (tertiary/aromatic N) is 2. The van der Waals surface area contributed by atoms with Crippen molar-refractivity contribution in [2.45, 2.75) is 33.5 Å². The van der Waals surface area contributed by atoms with Crippen molar-refractivity contribution in [3.8, 4) is 5.75 Å². The van der Waals surface area contributed by atoms with Crippen molar-refractivity contribution < 1.29 is 4.74 Å². The fourth-order valence-electron chi connectivity index (χ4n) is 1.88. The summed E-state index contributed by atoms with van der Waals surface area (Å²) in [6.45, 7) is 5.93. The van der Waals surface area contributed by atoms with E-state index < -0.39 is 0 Å². The summed E-state index contributed by atoms with van der Waals surface area (Å²) in [5.74, 6) is 0.839. The highest BCUT2D eigenvalue weighted by Gasteiger charge is 2.12. The van der Waals surface area contributed by atoms with Crippen molar-refractivity contribution in [2.24, 2.45) is 5.73 Å². The first-order valence-electron chi connectivity index (χ1n) is 6.29. The van der Waals surface area contributed by atoms with Crippen LogP contribution in [0.3, 0.4) is 0 Å². The van der Waals surface area contributed by atoms with Gasteiger partial charge in [0.2, 0.25) is 0 Å². The number of hydrogen-bond donors (Lipinski definition) is 1. The number of hydrogen-bond acceptors (Lipinski definition) is 3. The number of ether oxygens (including phenoxy) is 1. The standard InChI is InChI=1S/C14H18BrN3O/c1-3-18-13(14(15)10(2)17-18)9-19-12-6-4-11(8-16)5-7-12/h4-7H,3,8-9,16H2,1-2H3. The molecular weight excluding hydrogens is 306 g/mol. The zero-order valence-electron chi connectivity index (χ0n) is 11.2. The maximum Gasteiger partial charge on any atom is 0.131 e. The molecule has 2 aromatic rings. The van der Waals surface area contributed by atoms with Crippen LogP contribution in [0.1, 0.15) is 23.9 Å². The van der Waals surface area contributed by atoms with E-state index in [4.69, 9.17) is 10.5 Å². The van der Waals surface area contributed by atoms with Gasteiger partial charge in [-0.15, -0.1) is 0 Å². The first kappa shape index (κ1) is 14.1. The number of rotatable bonds is 5. The van der Waals surface area contributed by atoms with E-state index in [0.717, 1.165) is 33.7 Å². The molecule has 5 heteroatoms. The Morgan fingerprint density at radius 2 is 2.00 bits per heavy atom. The lowest BCUT2D eigenvalue weighted by Crippen LogP contribution is -2.06. The highest BCUT2D eigenvalue weighted by molar-refractivity contribution is 9.10. The average molecular weight is 324 g/mol. The van der Waals surface area contributed by atoms with E-state index in [-0.39, 0.29) is 0 Å². The molecule has 0 saturated carbocycles. The maximum absolute atomic E-state index is 5.80. The second kappa shape index (κ2) is 6.21.